The van der Waals surface area contributed by atoms with Gasteiger partial charge in [0.25, 0.3) is 0 Å². The van der Waals surface area contributed by atoms with Gasteiger partial charge in [-0.05, 0) is 18.1 Å². The van der Waals surface area contributed by atoms with Crippen LogP contribution in [0.5, 0.6) is 0 Å². The molecule has 0 aromatic carbocycles. The van der Waals surface area contributed by atoms with Crippen LogP contribution < -0.4 is 5.32 Å². The summed E-state index contributed by atoms with van der Waals surface area (Å²) in [5.41, 5.74) is 0.864. The van der Waals surface area contributed by atoms with Crippen LogP contribution in [0.2, 0.25) is 0 Å². The number of hydrogen-bond donors (Lipinski definition) is 2. The molecule has 1 rings (SSSR count). The number of amides is 1. The average Bonchev–Trinajstić information content (AvgIpc) is 2.75. The molecular weight excluding hydrogens is 216 g/mol. The molecule has 0 spiro atoms. The van der Waals surface area contributed by atoms with E-state index in [1.165, 1.54) is 0 Å². The summed E-state index contributed by atoms with van der Waals surface area (Å²) in [7, 11) is 0. The quantitative estimate of drug-likeness (QED) is 0.707. The van der Waals surface area contributed by atoms with E-state index in [-0.39, 0.29) is 12.5 Å². The number of aromatic nitrogens is 1. The molecule has 4 nitrogen and oxygen atoms in total. The predicted octanol–water partition coefficient (Wildman–Crippen LogP) is 1.62. The lowest BCUT2D eigenvalue weighted by Gasteiger charge is -2.06. The molecule has 0 aliphatic rings. The van der Waals surface area contributed by atoms with Crippen LogP contribution in [0.1, 0.15) is 31.4 Å². The molecule has 1 heterocycles. The third-order valence-electron chi connectivity index (χ3n) is 2.49. The van der Waals surface area contributed by atoms with Gasteiger partial charge in [-0.15, -0.1) is 6.58 Å². The van der Waals surface area contributed by atoms with Crippen LogP contribution in [0.25, 0.3) is 0 Å². The summed E-state index contributed by atoms with van der Waals surface area (Å²) in [5.74, 6) is -0.0583. The zero-order valence-electron chi connectivity index (χ0n) is 10.2. The topological polar surface area (TPSA) is 54.3 Å². The third-order valence-corrected chi connectivity index (χ3v) is 2.49. The minimum Gasteiger partial charge on any atom is -0.388 e. The van der Waals surface area contributed by atoms with Crippen molar-refractivity contribution < 1.29 is 9.90 Å². The van der Waals surface area contributed by atoms with E-state index in [2.05, 4.69) is 11.9 Å². The lowest BCUT2D eigenvalue weighted by Crippen LogP contribution is -2.27. The van der Waals surface area contributed by atoms with Crippen molar-refractivity contribution in [3.63, 3.8) is 0 Å². The molecule has 0 saturated heterocycles. The van der Waals surface area contributed by atoms with Crippen molar-refractivity contribution in [2.45, 2.75) is 32.4 Å². The van der Waals surface area contributed by atoms with Gasteiger partial charge in [0.15, 0.2) is 0 Å². The normalized spacial score (nSPS) is 12.1. The van der Waals surface area contributed by atoms with Crippen molar-refractivity contribution in [1.29, 1.82) is 0 Å². The molecule has 0 aliphatic carbocycles. The van der Waals surface area contributed by atoms with E-state index >= 15 is 0 Å². The highest BCUT2D eigenvalue weighted by Gasteiger charge is 2.08. The molecule has 0 radical (unpaired) electrons. The number of aliphatic hydroxyl groups is 1. The number of aliphatic hydroxyl groups excluding tert-OH is 1. The molecule has 0 fully saturated rings. The van der Waals surface area contributed by atoms with Crippen molar-refractivity contribution >= 4 is 5.91 Å². The number of hydrogen-bond acceptors (Lipinski definition) is 2. The molecule has 17 heavy (non-hydrogen) atoms. The zero-order valence-corrected chi connectivity index (χ0v) is 10.2. The first kappa shape index (κ1) is 13.5. The Bertz CT molecular complexity index is 371. The molecule has 1 unspecified atom stereocenters. The zero-order chi connectivity index (χ0) is 12.7. The maximum atomic E-state index is 11.4. The Hall–Kier alpha value is -1.55. The van der Waals surface area contributed by atoms with Gasteiger partial charge in [-0.25, -0.2) is 0 Å². The van der Waals surface area contributed by atoms with Gasteiger partial charge in [-0.1, -0.05) is 19.4 Å². The first-order valence-corrected chi connectivity index (χ1v) is 5.88. The highest BCUT2D eigenvalue weighted by Crippen LogP contribution is 2.18. The molecule has 0 saturated carbocycles. The molecule has 0 aliphatic heterocycles. The summed E-state index contributed by atoms with van der Waals surface area (Å²) < 4.78 is 1.77. The Balaban J connectivity index is 2.50. The van der Waals surface area contributed by atoms with Gasteiger partial charge in [0.1, 0.15) is 6.54 Å². The summed E-state index contributed by atoms with van der Waals surface area (Å²) in [4.78, 5) is 11.4. The Kier molecular flexibility index (Phi) is 5.49. The van der Waals surface area contributed by atoms with E-state index in [9.17, 15) is 9.90 Å². The van der Waals surface area contributed by atoms with Gasteiger partial charge >= 0.3 is 0 Å². The van der Waals surface area contributed by atoms with E-state index in [0.717, 1.165) is 18.4 Å². The maximum absolute atomic E-state index is 11.4. The highest BCUT2D eigenvalue weighted by molar-refractivity contribution is 5.75. The summed E-state index contributed by atoms with van der Waals surface area (Å²) in [6.07, 6.45) is 6.51. The average molecular weight is 236 g/mol. The summed E-state index contributed by atoms with van der Waals surface area (Å²) in [6, 6.07) is 1.85. The van der Waals surface area contributed by atoms with Gasteiger partial charge in [-0.2, -0.15) is 0 Å². The molecule has 4 heteroatoms. The van der Waals surface area contributed by atoms with E-state index in [1.54, 1.807) is 10.6 Å². The molecular formula is C13H20N2O2. The fourth-order valence-electron chi connectivity index (χ4n) is 1.60. The lowest BCUT2D eigenvalue weighted by atomic mass is 10.1. The van der Waals surface area contributed by atoms with Crippen LogP contribution in [0.3, 0.4) is 0 Å². The third kappa shape index (κ3) is 4.44. The van der Waals surface area contributed by atoms with E-state index in [4.69, 9.17) is 0 Å². The van der Waals surface area contributed by atoms with Crippen LogP contribution in [0, 0.1) is 0 Å². The second kappa shape index (κ2) is 6.91. The monoisotopic (exact) mass is 236 g/mol. The van der Waals surface area contributed by atoms with Crippen molar-refractivity contribution in [3.8, 4) is 0 Å². The minimum absolute atomic E-state index is 0.0583. The highest BCUT2D eigenvalue weighted by atomic mass is 16.3. The first-order valence-electron chi connectivity index (χ1n) is 5.88. The SMILES string of the molecule is C=CCNC(=O)Cn1ccc(C(O)CCC)c1. The van der Waals surface area contributed by atoms with Crippen molar-refractivity contribution in [1.82, 2.24) is 9.88 Å². The summed E-state index contributed by atoms with van der Waals surface area (Å²) in [5, 5.41) is 12.5. The maximum Gasteiger partial charge on any atom is 0.240 e. The summed E-state index contributed by atoms with van der Waals surface area (Å²) in [6.45, 7) is 6.31. The van der Waals surface area contributed by atoms with Gasteiger partial charge in [-0.3, -0.25) is 4.79 Å². The molecule has 0 bridgehead atoms. The van der Waals surface area contributed by atoms with Crippen LogP contribution in [-0.4, -0.2) is 22.1 Å². The van der Waals surface area contributed by atoms with Crippen molar-refractivity contribution in [2.24, 2.45) is 0 Å². The summed E-state index contributed by atoms with van der Waals surface area (Å²) >= 11 is 0. The van der Waals surface area contributed by atoms with Crippen LogP contribution >= 0.6 is 0 Å². The molecule has 1 aromatic rings. The van der Waals surface area contributed by atoms with Gasteiger partial charge in [0.2, 0.25) is 5.91 Å². The lowest BCUT2D eigenvalue weighted by molar-refractivity contribution is -0.121. The predicted molar refractivity (Wildman–Crippen MR) is 67.5 cm³/mol. The smallest absolute Gasteiger partial charge is 0.240 e. The second-order valence-electron chi connectivity index (χ2n) is 4.01. The molecule has 1 atom stereocenters. The minimum atomic E-state index is -0.433. The Morgan fingerprint density at radius 3 is 3.12 bits per heavy atom. The number of nitrogens with one attached hydrogen (secondary N) is 1. The Morgan fingerprint density at radius 2 is 2.47 bits per heavy atom. The van der Waals surface area contributed by atoms with E-state index in [0.29, 0.717) is 6.54 Å². The number of nitrogens with zero attached hydrogens (tertiary/aromatic N) is 1. The second-order valence-corrected chi connectivity index (χ2v) is 4.01. The number of carbonyl (C=O) groups is 1. The van der Waals surface area contributed by atoms with Gasteiger partial charge < -0.3 is 15.0 Å². The molecule has 1 aromatic heterocycles. The fourth-order valence-corrected chi connectivity index (χ4v) is 1.60. The van der Waals surface area contributed by atoms with Crippen molar-refractivity contribution in [3.05, 3.63) is 36.7 Å². The van der Waals surface area contributed by atoms with Gasteiger partial charge in [0, 0.05) is 18.9 Å². The number of rotatable bonds is 7. The van der Waals surface area contributed by atoms with E-state index < -0.39 is 6.10 Å². The van der Waals surface area contributed by atoms with Crippen LogP contribution in [0.15, 0.2) is 31.1 Å². The van der Waals surface area contributed by atoms with E-state index in [1.807, 2.05) is 25.4 Å². The van der Waals surface area contributed by atoms with Gasteiger partial charge in [0.05, 0.1) is 6.10 Å². The first-order chi connectivity index (χ1) is 8.17. The molecule has 1 amide bonds. The standard InChI is InChI=1S/C13H20N2O2/c1-3-5-12(16)11-6-8-15(9-11)10-13(17)14-7-4-2/h4,6,8-9,12,16H,2-3,5,7,10H2,1H3,(H,14,17). The fraction of sp³-hybridized carbons (Fsp3) is 0.462. The Morgan fingerprint density at radius 1 is 1.71 bits per heavy atom. The largest absolute Gasteiger partial charge is 0.388 e. The Labute approximate surface area is 102 Å². The molecule has 2 N–H and O–H groups in total. The molecule has 94 valence electrons. The van der Waals surface area contributed by atoms with Crippen LogP contribution in [0.4, 0.5) is 0 Å². The van der Waals surface area contributed by atoms with Crippen LogP contribution in [-0.2, 0) is 11.3 Å². The number of carbonyl (C=O) groups excluding carboxylic acids is 1. The van der Waals surface area contributed by atoms with Crippen molar-refractivity contribution in [2.75, 3.05) is 6.54 Å².